The van der Waals surface area contributed by atoms with Crippen LogP contribution in [-0.4, -0.2) is 29.6 Å². The lowest BCUT2D eigenvalue weighted by Gasteiger charge is -2.39. The summed E-state index contributed by atoms with van der Waals surface area (Å²) in [4.78, 5) is 24.6. The summed E-state index contributed by atoms with van der Waals surface area (Å²) in [6.07, 6.45) is 1.55. The Morgan fingerprint density at radius 2 is 2.06 bits per heavy atom. The standard InChI is InChI=1S/C13H21BrN2O2/c1-11(2)12(3)4-5-13(11,8(14)9(12)17)10(18)16-7-6-15/h8H,4-7,15H2,1-3H3,(H,16,18)/t8-,12+,13+/m1/s1. The first-order valence-electron chi connectivity index (χ1n) is 6.42. The lowest BCUT2D eigenvalue weighted by atomic mass is 9.64. The molecule has 2 aliphatic carbocycles. The number of rotatable bonds is 3. The van der Waals surface area contributed by atoms with Gasteiger partial charge in [0, 0.05) is 18.5 Å². The minimum Gasteiger partial charge on any atom is -0.354 e. The van der Waals surface area contributed by atoms with Crippen LogP contribution >= 0.6 is 15.9 Å². The molecule has 2 saturated carbocycles. The maximum absolute atomic E-state index is 12.5. The monoisotopic (exact) mass is 316 g/mol. The largest absolute Gasteiger partial charge is 0.354 e. The van der Waals surface area contributed by atoms with Crippen LogP contribution in [0, 0.1) is 16.2 Å². The van der Waals surface area contributed by atoms with Gasteiger partial charge in [0.1, 0.15) is 0 Å². The van der Waals surface area contributed by atoms with Gasteiger partial charge in [-0.25, -0.2) is 0 Å². The van der Waals surface area contributed by atoms with Gasteiger partial charge < -0.3 is 11.1 Å². The minimum atomic E-state index is -0.631. The van der Waals surface area contributed by atoms with Crippen molar-refractivity contribution in [1.82, 2.24) is 5.32 Å². The van der Waals surface area contributed by atoms with Crippen LogP contribution in [0.2, 0.25) is 0 Å². The fourth-order valence-electron chi connectivity index (χ4n) is 3.80. The second-order valence-electron chi connectivity index (χ2n) is 6.20. The van der Waals surface area contributed by atoms with Crippen molar-refractivity contribution in [1.29, 1.82) is 0 Å². The highest BCUT2D eigenvalue weighted by atomic mass is 79.9. The predicted molar refractivity (Wildman–Crippen MR) is 73.3 cm³/mol. The first-order chi connectivity index (χ1) is 8.25. The summed E-state index contributed by atoms with van der Waals surface area (Å²) in [5.74, 6) is 0.135. The van der Waals surface area contributed by atoms with Gasteiger partial charge in [-0.15, -0.1) is 0 Å². The molecule has 1 amide bonds. The molecule has 0 spiro atoms. The fraction of sp³-hybridized carbons (Fsp3) is 0.846. The van der Waals surface area contributed by atoms with Gasteiger partial charge in [-0.2, -0.15) is 0 Å². The zero-order valence-electron chi connectivity index (χ0n) is 11.2. The van der Waals surface area contributed by atoms with Crippen LogP contribution in [0.25, 0.3) is 0 Å². The molecule has 0 unspecified atom stereocenters. The number of nitrogens with two attached hydrogens (primary N) is 1. The second kappa shape index (κ2) is 4.04. The highest BCUT2D eigenvalue weighted by Gasteiger charge is 2.76. The number of halogens is 1. The van der Waals surface area contributed by atoms with Gasteiger partial charge in [0.25, 0.3) is 0 Å². The molecule has 3 atom stereocenters. The third kappa shape index (κ3) is 1.29. The number of hydrogen-bond donors (Lipinski definition) is 2. The molecule has 0 aromatic carbocycles. The number of ketones is 1. The molecule has 3 N–H and O–H groups in total. The summed E-state index contributed by atoms with van der Waals surface area (Å²) in [6.45, 7) is 6.96. The Labute approximate surface area is 116 Å². The Kier molecular flexibility index (Phi) is 3.14. The van der Waals surface area contributed by atoms with E-state index in [0.717, 1.165) is 12.8 Å². The van der Waals surface area contributed by atoms with Crippen LogP contribution in [-0.2, 0) is 9.59 Å². The van der Waals surface area contributed by atoms with Crippen LogP contribution in [0.1, 0.15) is 33.6 Å². The predicted octanol–water partition coefficient (Wildman–Crippen LogP) is 1.22. The highest BCUT2D eigenvalue weighted by Crippen LogP contribution is 2.72. The first-order valence-corrected chi connectivity index (χ1v) is 7.34. The van der Waals surface area contributed by atoms with Gasteiger partial charge in [0.15, 0.2) is 5.78 Å². The van der Waals surface area contributed by atoms with E-state index in [1.54, 1.807) is 0 Å². The van der Waals surface area contributed by atoms with Crippen molar-refractivity contribution >= 4 is 27.6 Å². The molecule has 102 valence electrons. The van der Waals surface area contributed by atoms with Gasteiger partial charge in [-0.1, -0.05) is 36.7 Å². The topological polar surface area (TPSA) is 72.2 Å². The Bertz CT molecular complexity index is 410. The fourth-order valence-corrected chi connectivity index (χ4v) is 5.31. The third-order valence-electron chi connectivity index (χ3n) is 5.56. The lowest BCUT2D eigenvalue weighted by molar-refractivity contribution is -0.135. The molecule has 0 radical (unpaired) electrons. The molecule has 0 saturated heterocycles. The van der Waals surface area contributed by atoms with Crippen molar-refractivity contribution in [2.45, 2.75) is 38.4 Å². The Hall–Kier alpha value is -0.420. The molecular formula is C13H21BrN2O2. The number of carbonyl (C=O) groups is 2. The van der Waals surface area contributed by atoms with Crippen LogP contribution in [0.4, 0.5) is 0 Å². The van der Waals surface area contributed by atoms with E-state index in [9.17, 15) is 9.59 Å². The highest BCUT2D eigenvalue weighted by molar-refractivity contribution is 9.10. The van der Waals surface area contributed by atoms with Crippen molar-refractivity contribution in [2.24, 2.45) is 22.0 Å². The van der Waals surface area contributed by atoms with E-state index >= 15 is 0 Å². The van der Waals surface area contributed by atoms with E-state index in [1.807, 2.05) is 20.8 Å². The molecule has 2 bridgehead atoms. The average Bonchev–Trinajstić information content (AvgIpc) is 2.59. The van der Waals surface area contributed by atoms with Crippen molar-refractivity contribution in [3.05, 3.63) is 0 Å². The number of nitrogens with one attached hydrogen (secondary N) is 1. The van der Waals surface area contributed by atoms with Crippen molar-refractivity contribution in [3.63, 3.8) is 0 Å². The molecule has 18 heavy (non-hydrogen) atoms. The minimum absolute atomic E-state index is 0.0330. The number of amides is 1. The summed E-state index contributed by atoms with van der Waals surface area (Å²) in [6, 6.07) is 0. The molecule has 5 heteroatoms. The van der Waals surface area contributed by atoms with Crippen LogP contribution in [0.15, 0.2) is 0 Å². The molecule has 2 rings (SSSR count). The molecule has 2 aliphatic rings. The van der Waals surface area contributed by atoms with E-state index in [0.29, 0.717) is 13.1 Å². The van der Waals surface area contributed by atoms with E-state index in [2.05, 4.69) is 21.2 Å². The molecule has 4 nitrogen and oxygen atoms in total. The van der Waals surface area contributed by atoms with E-state index < -0.39 is 10.8 Å². The molecule has 0 aromatic rings. The SMILES string of the molecule is CC1(C)[C@@]2(C)CC[C@@]1(C(=O)NCCN)[C@H](Br)C2=O. The number of Topliss-reactive ketones (excluding diaryl/α,β-unsaturated/α-hetero) is 1. The lowest BCUT2D eigenvalue weighted by Crippen LogP contribution is -2.51. The van der Waals surface area contributed by atoms with E-state index in [4.69, 9.17) is 5.73 Å². The normalized spacial score (nSPS) is 41.2. The maximum atomic E-state index is 12.5. The number of fused-ring (bicyclic) bond motifs is 2. The number of carbonyl (C=O) groups excluding carboxylic acids is 2. The third-order valence-corrected chi connectivity index (χ3v) is 6.75. The first kappa shape index (κ1) is 14.0. The zero-order valence-corrected chi connectivity index (χ0v) is 12.8. The Morgan fingerprint density at radius 1 is 1.44 bits per heavy atom. The van der Waals surface area contributed by atoms with Gasteiger partial charge in [0.2, 0.25) is 5.91 Å². The number of alkyl halides is 1. The summed E-state index contributed by atoms with van der Waals surface area (Å²) in [5.41, 5.74) is 4.07. The van der Waals surface area contributed by atoms with Gasteiger partial charge in [0.05, 0.1) is 10.2 Å². The molecular weight excluding hydrogens is 296 g/mol. The molecule has 0 heterocycles. The Balaban J connectivity index is 2.43. The second-order valence-corrected chi connectivity index (χ2v) is 7.12. The number of hydrogen-bond acceptors (Lipinski definition) is 3. The van der Waals surface area contributed by atoms with Crippen LogP contribution in [0.3, 0.4) is 0 Å². The molecule has 0 aromatic heterocycles. The summed E-state index contributed by atoms with van der Waals surface area (Å²) < 4.78 is 0. The summed E-state index contributed by atoms with van der Waals surface area (Å²) >= 11 is 3.48. The average molecular weight is 317 g/mol. The molecule has 0 aliphatic heterocycles. The van der Waals surface area contributed by atoms with Crippen molar-refractivity contribution < 1.29 is 9.59 Å². The Morgan fingerprint density at radius 3 is 2.50 bits per heavy atom. The van der Waals surface area contributed by atoms with Crippen LogP contribution < -0.4 is 11.1 Å². The summed E-state index contributed by atoms with van der Waals surface area (Å²) in [5, 5.41) is 2.87. The summed E-state index contributed by atoms with van der Waals surface area (Å²) in [7, 11) is 0. The maximum Gasteiger partial charge on any atom is 0.228 e. The van der Waals surface area contributed by atoms with Crippen LogP contribution in [0.5, 0.6) is 0 Å². The van der Waals surface area contributed by atoms with E-state index in [1.165, 1.54) is 0 Å². The van der Waals surface area contributed by atoms with Gasteiger partial charge >= 0.3 is 0 Å². The smallest absolute Gasteiger partial charge is 0.228 e. The van der Waals surface area contributed by atoms with Crippen molar-refractivity contribution in [2.75, 3.05) is 13.1 Å². The van der Waals surface area contributed by atoms with Gasteiger partial charge in [-0.3, -0.25) is 9.59 Å². The van der Waals surface area contributed by atoms with E-state index in [-0.39, 0.29) is 21.9 Å². The molecule has 2 fully saturated rings. The van der Waals surface area contributed by atoms with Crippen molar-refractivity contribution in [3.8, 4) is 0 Å². The van der Waals surface area contributed by atoms with Gasteiger partial charge in [-0.05, 0) is 18.3 Å². The quantitative estimate of drug-likeness (QED) is 0.769. The zero-order chi connectivity index (χ0) is 13.8.